The van der Waals surface area contributed by atoms with Crippen LogP contribution in [0.25, 0.3) is 0 Å². The van der Waals surface area contributed by atoms with E-state index in [2.05, 4.69) is 38.0 Å². The maximum atomic E-state index is 4.47. The molecule has 1 aliphatic rings. The van der Waals surface area contributed by atoms with E-state index in [-0.39, 0.29) is 0 Å². The van der Waals surface area contributed by atoms with Crippen molar-refractivity contribution in [1.82, 2.24) is 10.3 Å². The number of nitrogens with one attached hydrogen (secondary N) is 1. The zero-order valence-corrected chi connectivity index (χ0v) is 12.2. The molecule has 1 N–H and O–H groups in total. The van der Waals surface area contributed by atoms with Crippen molar-refractivity contribution in [3.63, 3.8) is 0 Å². The Bertz CT molecular complexity index is 370. The van der Waals surface area contributed by atoms with Crippen LogP contribution in [0.4, 0.5) is 0 Å². The molecule has 2 rings (SSSR count). The first-order valence-corrected chi connectivity index (χ1v) is 7.46. The number of hydrogen-bond donors (Lipinski definition) is 1. The number of aromatic nitrogens is 1. The van der Waals surface area contributed by atoms with Gasteiger partial charge in [0.05, 0.1) is 6.04 Å². The summed E-state index contributed by atoms with van der Waals surface area (Å²) < 4.78 is 0. The highest BCUT2D eigenvalue weighted by atomic mass is 32.1. The molecule has 2 atom stereocenters. The first-order chi connectivity index (χ1) is 7.96. The van der Waals surface area contributed by atoms with E-state index < -0.39 is 0 Å². The van der Waals surface area contributed by atoms with Crippen LogP contribution in [0.15, 0.2) is 6.20 Å². The summed E-state index contributed by atoms with van der Waals surface area (Å²) in [7, 11) is 0. The SMILES string of the molecule is Cc1cnc(C(C)NC2CCCC(C)(C)C2)s1. The molecule has 0 spiro atoms. The van der Waals surface area contributed by atoms with E-state index in [0.717, 1.165) is 0 Å². The van der Waals surface area contributed by atoms with E-state index in [1.807, 2.05) is 17.5 Å². The van der Waals surface area contributed by atoms with Gasteiger partial charge in [-0.1, -0.05) is 20.3 Å². The summed E-state index contributed by atoms with van der Waals surface area (Å²) in [6.07, 6.45) is 7.31. The van der Waals surface area contributed by atoms with Gasteiger partial charge in [0.25, 0.3) is 0 Å². The van der Waals surface area contributed by atoms with Crippen LogP contribution >= 0.6 is 11.3 Å². The van der Waals surface area contributed by atoms with E-state index in [0.29, 0.717) is 17.5 Å². The Balaban J connectivity index is 1.92. The van der Waals surface area contributed by atoms with Crippen molar-refractivity contribution < 1.29 is 0 Å². The van der Waals surface area contributed by atoms with E-state index >= 15 is 0 Å². The average Bonchev–Trinajstić information content (AvgIpc) is 2.63. The van der Waals surface area contributed by atoms with Gasteiger partial charge >= 0.3 is 0 Å². The molecule has 0 amide bonds. The normalized spacial score (nSPS) is 25.8. The topological polar surface area (TPSA) is 24.9 Å². The lowest BCUT2D eigenvalue weighted by Crippen LogP contribution is -2.38. The molecular formula is C14H24N2S. The van der Waals surface area contributed by atoms with Gasteiger partial charge < -0.3 is 5.32 Å². The molecule has 3 heteroatoms. The Morgan fingerprint density at radius 2 is 2.29 bits per heavy atom. The van der Waals surface area contributed by atoms with Crippen LogP contribution in [0, 0.1) is 12.3 Å². The molecular weight excluding hydrogens is 228 g/mol. The van der Waals surface area contributed by atoms with Gasteiger partial charge in [-0.05, 0) is 38.5 Å². The standard InChI is InChI=1S/C14H24N2S/c1-10-9-15-13(17-10)11(2)16-12-6-5-7-14(3,4)8-12/h9,11-12,16H,5-8H2,1-4H3. The molecule has 1 saturated carbocycles. The second kappa shape index (κ2) is 5.07. The number of rotatable bonds is 3. The van der Waals surface area contributed by atoms with Gasteiger partial charge in [0.1, 0.15) is 5.01 Å². The first-order valence-electron chi connectivity index (χ1n) is 6.65. The zero-order chi connectivity index (χ0) is 12.5. The van der Waals surface area contributed by atoms with E-state index in [1.54, 1.807) is 0 Å². The summed E-state index contributed by atoms with van der Waals surface area (Å²) in [6, 6.07) is 1.06. The Kier molecular flexibility index (Phi) is 3.88. The molecule has 0 aromatic carbocycles. The van der Waals surface area contributed by atoms with Crippen molar-refractivity contribution in [2.45, 2.75) is 65.5 Å². The number of aryl methyl sites for hydroxylation is 1. The van der Waals surface area contributed by atoms with Crippen LogP contribution < -0.4 is 5.32 Å². The van der Waals surface area contributed by atoms with Crippen molar-refractivity contribution in [3.05, 3.63) is 16.1 Å². The molecule has 1 aliphatic carbocycles. The molecule has 0 bridgehead atoms. The van der Waals surface area contributed by atoms with E-state index in [9.17, 15) is 0 Å². The molecule has 2 unspecified atom stereocenters. The second-order valence-electron chi connectivity index (χ2n) is 6.15. The maximum absolute atomic E-state index is 4.47. The predicted molar refractivity (Wildman–Crippen MR) is 74.4 cm³/mol. The van der Waals surface area contributed by atoms with Gasteiger partial charge in [-0.25, -0.2) is 4.98 Å². The lowest BCUT2D eigenvalue weighted by atomic mass is 9.75. The Labute approximate surface area is 109 Å². The fourth-order valence-corrected chi connectivity index (χ4v) is 3.62. The highest BCUT2D eigenvalue weighted by molar-refractivity contribution is 7.11. The van der Waals surface area contributed by atoms with Crippen LogP contribution in [0.1, 0.15) is 62.4 Å². The zero-order valence-electron chi connectivity index (χ0n) is 11.4. The molecule has 0 saturated heterocycles. The van der Waals surface area contributed by atoms with Crippen molar-refractivity contribution in [3.8, 4) is 0 Å². The predicted octanol–water partition coefficient (Wildman–Crippen LogP) is 4.07. The molecule has 1 aromatic rings. The Hall–Kier alpha value is -0.410. The fraction of sp³-hybridized carbons (Fsp3) is 0.786. The van der Waals surface area contributed by atoms with Gasteiger partial charge in [0, 0.05) is 17.1 Å². The van der Waals surface area contributed by atoms with Crippen LogP contribution in [0.5, 0.6) is 0 Å². The number of nitrogens with zero attached hydrogens (tertiary/aromatic N) is 1. The molecule has 1 aromatic heterocycles. The molecule has 0 aliphatic heterocycles. The minimum atomic E-state index is 0.396. The quantitative estimate of drug-likeness (QED) is 0.877. The minimum absolute atomic E-state index is 0.396. The van der Waals surface area contributed by atoms with Crippen molar-refractivity contribution >= 4 is 11.3 Å². The third-order valence-electron chi connectivity index (χ3n) is 3.70. The average molecular weight is 252 g/mol. The van der Waals surface area contributed by atoms with E-state index in [4.69, 9.17) is 0 Å². The summed E-state index contributed by atoms with van der Waals surface area (Å²) in [6.45, 7) is 9.13. The summed E-state index contributed by atoms with van der Waals surface area (Å²) in [5, 5.41) is 4.98. The van der Waals surface area contributed by atoms with Gasteiger partial charge in [-0.15, -0.1) is 11.3 Å². The van der Waals surface area contributed by atoms with Crippen molar-refractivity contribution in [2.24, 2.45) is 5.41 Å². The van der Waals surface area contributed by atoms with Crippen LogP contribution in [-0.2, 0) is 0 Å². The molecule has 17 heavy (non-hydrogen) atoms. The molecule has 1 fully saturated rings. The van der Waals surface area contributed by atoms with Crippen molar-refractivity contribution in [2.75, 3.05) is 0 Å². The highest BCUT2D eigenvalue weighted by Gasteiger charge is 2.28. The highest BCUT2D eigenvalue weighted by Crippen LogP contribution is 2.36. The Morgan fingerprint density at radius 1 is 1.53 bits per heavy atom. The van der Waals surface area contributed by atoms with Gasteiger partial charge in [0.15, 0.2) is 0 Å². The van der Waals surface area contributed by atoms with Crippen LogP contribution in [-0.4, -0.2) is 11.0 Å². The second-order valence-corrected chi connectivity index (χ2v) is 7.42. The molecule has 1 heterocycles. The van der Waals surface area contributed by atoms with Crippen LogP contribution in [0.3, 0.4) is 0 Å². The number of hydrogen-bond acceptors (Lipinski definition) is 3. The molecule has 0 radical (unpaired) electrons. The van der Waals surface area contributed by atoms with E-state index in [1.165, 1.54) is 35.6 Å². The van der Waals surface area contributed by atoms with Gasteiger partial charge in [0.2, 0.25) is 0 Å². The summed E-state index contributed by atoms with van der Waals surface area (Å²) >= 11 is 1.81. The number of thiazole rings is 1. The van der Waals surface area contributed by atoms with Crippen LogP contribution in [0.2, 0.25) is 0 Å². The van der Waals surface area contributed by atoms with Gasteiger partial charge in [-0.2, -0.15) is 0 Å². The molecule has 2 nitrogen and oxygen atoms in total. The largest absolute Gasteiger partial charge is 0.305 e. The minimum Gasteiger partial charge on any atom is -0.305 e. The maximum Gasteiger partial charge on any atom is 0.109 e. The lowest BCUT2D eigenvalue weighted by molar-refractivity contribution is 0.191. The molecule has 96 valence electrons. The third-order valence-corrected chi connectivity index (χ3v) is 4.80. The van der Waals surface area contributed by atoms with Gasteiger partial charge in [-0.3, -0.25) is 0 Å². The summed E-state index contributed by atoms with van der Waals surface area (Å²) in [5.74, 6) is 0. The van der Waals surface area contributed by atoms with Crippen molar-refractivity contribution in [1.29, 1.82) is 0 Å². The first kappa shape index (κ1) is 13.0. The monoisotopic (exact) mass is 252 g/mol. The summed E-state index contributed by atoms with van der Waals surface area (Å²) in [4.78, 5) is 5.78. The Morgan fingerprint density at radius 3 is 2.88 bits per heavy atom. The lowest BCUT2D eigenvalue weighted by Gasteiger charge is -2.36. The fourth-order valence-electron chi connectivity index (χ4n) is 2.84. The summed E-state index contributed by atoms with van der Waals surface area (Å²) in [5.41, 5.74) is 0.508. The third kappa shape index (κ3) is 3.52. The smallest absolute Gasteiger partial charge is 0.109 e.